The first-order valence-electron chi connectivity index (χ1n) is 5.23. The Labute approximate surface area is 85.4 Å². The lowest BCUT2D eigenvalue weighted by atomic mass is 10.1. The molecule has 0 aromatic rings. The summed E-state index contributed by atoms with van der Waals surface area (Å²) in [7, 11) is 0. The maximum absolute atomic E-state index is 10.2. The highest BCUT2D eigenvalue weighted by atomic mass is 16.4. The smallest absolute Gasteiger partial charge is 0.303 e. The highest BCUT2D eigenvalue weighted by Gasteiger charge is 2.01. The van der Waals surface area contributed by atoms with E-state index in [0.717, 1.165) is 19.3 Å². The van der Waals surface area contributed by atoms with Crippen LogP contribution in [-0.4, -0.2) is 22.3 Å². The van der Waals surface area contributed by atoms with Crippen LogP contribution in [-0.2, 0) is 4.79 Å². The van der Waals surface area contributed by atoms with Gasteiger partial charge in [-0.15, -0.1) is 0 Å². The van der Waals surface area contributed by atoms with Crippen LogP contribution in [0.25, 0.3) is 0 Å². The molecular formula is C11H20O3. The van der Waals surface area contributed by atoms with Gasteiger partial charge in [0.2, 0.25) is 0 Å². The number of unbranched alkanes of at least 4 members (excludes halogenated alkanes) is 2. The highest BCUT2D eigenvalue weighted by molar-refractivity contribution is 5.66. The van der Waals surface area contributed by atoms with E-state index in [-0.39, 0.29) is 6.42 Å². The SMILES string of the molecule is CCCCC=CC(O)CCCC(=O)O. The Hall–Kier alpha value is -0.830. The van der Waals surface area contributed by atoms with Crippen LogP contribution < -0.4 is 0 Å². The summed E-state index contributed by atoms with van der Waals surface area (Å²) >= 11 is 0. The molecule has 3 heteroatoms. The predicted octanol–water partition coefficient (Wildman–Crippen LogP) is 2.35. The van der Waals surface area contributed by atoms with Crippen LogP contribution in [0, 0.1) is 0 Å². The number of carboxylic acids is 1. The summed E-state index contributed by atoms with van der Waals surface area (Å²) in [6.45, 7) is 2.12. The van der Waals surface area contributed by atoms with Crippen molar-refractivity contribution in [3.8, 4) is 0 Å². The average molecular weight is 200 g/mol. The fourth-order valence-corrected chi connectivity index (χ4v) is 1.13. The van der Waals surface area contributed by atoms with Gasteiger partial charge < -0.3 is 10.2 Å². The summed E-state index contributed by atoms with van der Waals surface area (Å²) in [5.74, 6) is -0.799. The van der Waals surface area contributed by atoms with E-state index in [1.807, 2.05) is 6.08 Å². The van der Waals surface area contributed by atoms with Crippen molar-refractivity contribution in [2.75, 3.05) is 0 Å². The number of carboxylic acid groups (broad SMARTS) is 1. The molecule has 82 valence electrons. The van der Waals surface area contributed by atoms with E-state index in [9.17, 15) is 9.90 Å². The van der Waals surface area contributed by atoms with Gasteiger partial charge in [0.15, 0.2) is 0 Å². The minimum Gasteiger partial charge on any atom is -0.481 e. The molecule has 0 heterocycles. The molecule has 14 heavy (non-hydrogen) atoms. The van der Waals surface area contributed by atoms with Gasteiger partial charge in [-0.05, 0) is 19.3 Å². The molecule has 0 aliphatic carbocycles. The molecule has 0 bridgehead atoms. The van der Waals surface area contributed by atoms with Crippen LogP contribution in [0.2, 0.25) is 0 Å². The Morgan fingerprint density at radius 3 is 2.71 bits per heavy atom. The van der Waals surface area contributed by atoms with Crippen molar-refractivity contribution in [1.82, 2.24) is 0 Å². The van der Waals surface area contributed by atoms with Gasteiger partial charge in [-0.2, -0.15) is 0 Å². The normalized spacial score (nSPS) is 13.3. The average Bonchev–Trinajstić information content (AvgIpc) is 2.12. The second-order valence-corrected chi connectivity index (χ2v) is 3.42. The van der Waals surface area contributed by atoms with Gasteiger partial charge in [0.25, 0.3) is 0 Å². The van der Waals surface area contributed by atoms with Crippen LogP contribution in [0.3, 0.4) is 0 Å². The first kappa shape index (κ1) is 13.2. The van der Waals surface area contributed by atoms with E-state index in [1.165, 1.54) is 0 Å². The van der Waals surface area contributed by atoms with Gasteiger partial charge in [0.1, 0.15) is 0 Å². The van der Waals surface area contributed by atoms with Crippen molar-refractivity contribution in [2.24, 2.45) is 0 Å². The van der Waals surface area contributed by atoms with Gasteiger partial charge in [0, 0.05) is 6.42 Å². The van der Waals surface area contributed by atoms with Crippen LogP contribution in [0.5, 0.6) is 0 Å². The van der Waals surface area contributed by atoms with Gasteiger partial charge in [0.05, 0.1) is 6.10 Å². The molecule has 0 aromatic heterocycles. The number of aliphatic hydroxyl groups is 1. The second-order valence-electron chi connectivity index (χ2n) is 3.42. The molecule has 0 aliphatic rings. The number of allylic oxidation sites excluding steroid dienone is 1. The van der Waals surface area contributed by atoms with E-state index in [4.69, 9.17) is 5.11 Å². The molecule has 0 rings (SSSR count). The van der Waals surface area contributed by atoms with Crippen LogP contribution in [0.4, 0.5) is 0 Å². The Morgan fingerprint density at radius 2 is 2.14 bits per heavy atom. The molecule has 0 aliphatic heterocycles. The zero-order valence-electron chi connectivity index (χ0n) is 8.78. The monoisotopic (exact) mass is 200 g/mol. The standard InChI is InChI=1S/C11H20O3/c1-2-3-4-5-7-10(12)8-6-9-11(13)14/h5,7,10,12H,2-4,6,8-9H2,1H3,(H,13,14). The first-order valence-corrected chi connectivity index (χ1v) is 5.23. The maximum Gasteiger partial charge on any atom is 0.303 e. The number of aliphatic hydroxyl groups excluding tert-OH is 1. The Bertz CT molecular complexity index is 175. The highest BCUT2D eigenvalue weighted by Crippen LogP contribution is 2.03. The van der Waals surface area contributed by atoms with Gasteiger partial charge in [-0.1, -0.05) is 31.9 Å². The molecule has 0 radical (unpaired) electrons. The minimum atomic E-state index is -0.799. The molecule has 0 fully saturated rings. The number of rotatable bonds is 8. The van der Waals surface area contributed by atoms with Crippen molar-refractivity contribution >= 4 is 5.97 Å². The van der Waals surface area contributed by atoms with E-state index >= 15 is 0 Å². The largest absolute Gasteiger partial charge is 0.481 e. The lowest BCUT2D eigenvalue weighted by molar-refractivity contribution is -0.137. The molecular weight excluding hydrogens is 180 g/mol. The second kappa shape index (κ2) is 8.75. The molecule has 3 nitrogen and oxygen atoms in total. The van der Waals surface area contributed by atoms with E-state index in [2.05, 4.69) is 6.92 Å². The lowest BCUT2D eigenvalue weighted by Gasteiger charge is -2.03. The number of hydrogen-bond acceptors (Lipinski definition) is 2. The minimum absolute atomic E-state index is 0.139. The number of hydrogen-bond donors (Lipinski definition) is 2. The summed E-state index contributed by atoms with van der Waals surface area (Å²) in [6, 6.07) is 0. The van der Waals surface area contributed by atoms with Crippen LogP contribution in [0.15, 0.2) is 12.2 Å². The van der Waals surface area contributed by atoms with Crippen molar-refractivity contribution in [3.63, 3.8) is 0 Å². The molecule has 1 unspecified atom stereocenters. The lowest BCUT2D eigenvalue weighted by Crippen LogP contribution is -2.03. The zero-order chi connectivity index (χ0) is 10.8. The summed E-state index contributed by atoms with van der Waals surface area (Å²) in [4.78, 5) is 10.2. The summed E-state index contributed by atoms with van der Waals surface area (Å²) in [5, 5.41) is 17.8. The Kier molecular flexibility index (Phi) is 8.24. The van der Waals surface area contributed by atoms with E-state index in [0.29, 0.717) is 12.8 Å². The van der Waals surface area contributed by atoms with Gasteiger partial charge >= 0.3 is 5.97 Å². The quantitative estimate of drug-likeness (QED) is 0.467. The molecule has 0 aromatic carbocycles. The molecule has 2 N–H and O–H groups in total. The summed E-state index contributed by atoms with van der Waals surface area (Å²) in [5.41, 5.74) is 0. The number of aliphatic carboxylic acids is 1. The zero-order valence-corrected chi connectivity index (χ0v) is 8.78. The topological polar surface area (TPSA) is 57.5 Å². The van der Waals surface area contributed by atoms with Crippen molar-refractivity contribution in [3.05, 3.63) is 12.2 Å². The third-order valence-electron chi connectivity index (χ3n) is 1.97. The maximum atomic E-state index is 10.2. The van der Waals surface area contributed by atoms with Crippen LogP contribution in [0.1, 0.15) is 45.4 Å². The molecule has 0 saturated heterocycles. The molecule has 0 amide bonds. The fraction of sp³-hybridized carbons (Fsp3) is 0.727. The van der Waals surface area contributed by atoms with E-state index in [1.54, 1.807) is 6.08 Å². The Balaban J connectivity index is 3.39. The first-order chi connectivity index (χ1) is 6.66. The van der Waals surface area contributed by atoms with Gasteiger partial charge in [-0.25, -0.2) is 0 Å². The number of carbonyl (C=O) groups is 1. The van der Waals surface area contributed by atoms with Crippen molar-refractivity contribution < 1.29 is 15.0 Å². The third kappa shape index (κ3) is 9.26. The van der Waals surface area contributed by atoms with Crippen LogP contribution >= 0.6 is 0 Å². The predicted molar refractivity (Wildman–Crippen MR) is 56.2 cm³/mol. The summed E-state index contributed by atoms with van der Waals surface area (Å²) < 4.78 is 0. The Morgan fingerprint density at radius 1 is 1.43 bits per heavy atom. The van der Waals surface area contributed by atoms with Crippen molar-refractivity contribution in [1.29, 1.82) is 0 Å². The van der Waals surface area contributed by atoms with Crippen molar-refractivity contribution in [2.45, 2.75) is 51.6 Å². The molecule has 0 spiro atoms. The van der Waals surface area contributed by atoms with E-state index < -0.39 is 12.1 Å². The molecule has 1 atom stereocenters. The van der Waals surface area contributed by atoms with Gasteiger partial charge in [-0.3, -0.25) is 4.79 Å². The summed E-state index contributed by atoms with van der Waals surface area (Å²) in [6.07, 6.45) is 7.74. The fourth-order valence-electron chi connectivity index (χ4n) is 1.13. The molecule has 0 saturated carbocycles. The third-order valence-corrected chi connectivity index (χ3v) is 1.97.